The molecule has 186 valence electrons. The lowest BCUT2D eigenvalue weighted by Crippen LogP contribution is -2.25. The SMILES string of the molecule is Fc1ccc(-c2ccnc3c2CN(Cc2cc(C(F)(F)F)cc(C(F)(F)F)c2)CCCCO3)cc1. The summed E-state index contributed by atoms with van der Waals surface area (Å²) in [6.07, 6.45) is -7.02. The Morgan fingerprint density at radius 1 is 0.857 bits per heavy atom. The molecule has 0 N–H and O–H groups in total. The number of nitrogens with zero attached hydrogens (tertiary/aromatic N) is 2. The van der Waals surface area contributed by atoms with E-state index in [4.69, 9.17) is 4.74 Å². The molecule has 0 atom stereocenters. The first-order chi connectivity index (χ1) is 16.5. The summed E-state index contributed by atoms with van der Waals surface area (Å²) in [6.45, 7) is 0.832. The summed E-state index contributed by atoms with van der Waals surface area (Å²) in [5, 5.41) is 0. The second-order valence-corrected chi connectivity index (χ2v) is 8.33. The Bertz CT molecular complexity index is 1140. The number of fused-ring (bicyclic) bond motifs is 1. The van der Waals surface area contributed by atoms with Crippen LogP contribution in [-0.4, -0.2) is 23.0 Å². The summed E-state index contributed by atoms with van der Waals surface area (Å²) in [7, 11) is 0. The molecule has 2 heterocycles. The van der Waals surface area contributed by atoms with Crippen molar-refractivity contribution in [2.75, 3.05) is 13.2 Å². The van der Waals surface area contributed by atoms with Gasteiger partial charge in [-0.2, -0.15) is 26.3 Å². The molecule has 1 aliphatic heterocycles. The van der Waals surface area contributed by atoms with Gasteiger partial charge in [-0.05, 0) is 72.5 Å². The average molecular weight is 498 g/mol. The number of rotatable bonds is 3. The minimum Gasteiger partial charge on any atom is -0.477 e. The Labute approximate surface area is 197 Å². The van der Waals surface area contributed by atoms with Crippen molar-refractivity contribution < 1.29 is 35.5 Å². The summed E-state index contributed by atoms with van der Waals surface area (Å²) in [5.74, 6) is -0.0795. The number of alkyl halides is 6. The molecule has 0 fully saturated rings. The van der Waals surface area contributed by atoms with Crippen molar-refractivity contribution in [3.8, 4) is 17.0 Å². The van der Waals surface area contributed by atoms with Crippen molar-refractivity contribution in [3.63, 3.8) is 0 Å². The summed E-state index contributed by atoms with van der Waals surface area (Å²) >= 11 is 0. The van der Waals surface area contributed by atoms with E-state index in [9.17, 15) is 30.7 Å². The fourth-order valence-electron chi connectivity index (χ4n) is 4.06. The lowest BCUT2D eigenvalue weighted by molar-refractivity contribution is -0.143. The van der Waals surface area contributed by atoms with Crippen LogP contribution < -0.4 is 4.74 Å². The largest absolute Gasteiger partial charge is 0.477 e. The van der Waals surface area contributed by atoms with Crippen molar-refractivity contribution in [3.05, 3.63) is 82.8 Å². The molecule has 1 aliphatic rings. The molecule has 0 spiro atoms. The van der Waals surface area contributed by atoms with Crippen LogP contribution in [0.3, 0.4) is 0 Å². The monoisotopic (exact) mass is 498 g/mol. The molecule has 35 heavy (non-hydrogen) atoms. The molecular weight excluding hydrogens is 477 g/mol. The molecule has 0 saturated heterocycles. The fourth-order valence-corrected chi connectivity index (χ4v) is 4.06. The van der Waals surface area contributed by atoms with Crippen LogP contribution in [0, 0.1) is 5.82 Å². The van der Waals surface area contributed by atoms with Crippen LogP contribution >= 0.6 is 0 Å². The quantitative estimate of drug-likeness (QED) is 0.360. The van der Waals surface area contributed by atoms with E-state index < -0.39 is 29.3 Å². The maximum atomic E-state index is 13.4. The third kappa shape index (κ3) is 6.11. The van der Waals surface area contributed by atoms with E-state index in [1.165, 1.54) is 12.1 Å². The molecule has 3 nitrogen and oxygen atoms in total. The molecule has 1 aromatic heterocycles. The first-order valence-electron chi connectivity index (χ1n) is 10.9. The standard InChI is InChI=1S/C25H21F7N2O/c26-20-5-3-17(4-6-20)21-7-8-33-23-22(21)15-34(9-1-2-10-35-23)14-16-11-18(24(27,28)29)13-19(12-16)25(30,31)32/h3-8,11-13H,1-2,9-10,14-15H2. The third-order valence-electron chi connectivity index (χ3n) is 5.71. The van der Waals surface area contributed by atoms with Gasteiger partial charge in [0, 0.05) is 24.8 Å². The molecule has 3 aromatic rings. The molecular formula is C25H21F7N2O. The normalized spacial score (nSPS) is 15.5. The Morgan fingerprint density at radius 3 is 2.14 bits per heavy atom. The Balaban J connectivity index is 1.72. The van der Waals surface area contributed by atoms with Crippen molar-refractivity contribution >= 4 is 0 Å². The number of hydrogen-bond acceptors (Lipinski definition) is 3. The lowest BCUT2D eigenvalue weighted by Gasteiger charge is -2.24. The molecule has 0 aliphatic carbocycles. The van der Waals surface area contributed by atoms with Crippen molar-refractivity contribution in [1.29, 1.82) is 0 Å². The highest BCUT2D eigenvalue weighted by atomic mass is 19.4. The molecule has 4 rings (SSSR count). The maximum absolute atomic E-state index is 13.4. The third-order valence-corrected chi connectivity index (χ3v) is 5.71. The van der Waals surface area contributed by atoms with Crippen LogP contribution in [0.15, 0.2) is 54.7 Å². The van der Waals surface area contributed by atoms with E-state index >= 15 is 0 Å². The average Bonchev–Trinajstić information content (AvgIpc) is 2.88. The van der Waals surface area contributed by atoms with Gasteiger partial charge in [0.15, 0.2) is 0 Å². The predicted octanol–water partition coefficient (Wildman–Crippen LogP) is 7.10. The smallest absolute Gasteiger partial charge is 0.416 e. The van der Waals surface area contributed by atoms with Crippen molar-refractivity contribution in [2.24, 2.45) is 0 Å². The van der Waals surface area contributed by atoms with E-state index in [1.807, 2.05) is 0 Å². The van der Waals surface area contributed by atoms with Gasteiger partial charge in [-0.25, -0.2) is 9.37 Å². The van der Waals surface area contributed by atoms with Gasteiger partial charge in [-0.3, -0.25) is 4.90 Å². The lowest BCUT2D eigenvalue weighted by atomic mass is 10.00. The number of pyridine rings is 1. The minimum atomic E-state index is -4.91. The maximum Gasteiger partial charge on any atom is 0.416 e. The van der Waals surface area contributed by atoms with Gasteiger partial charge in [0.1, 0.15) is 5.82 Å². The number of aromatic nitrogens is 1. The van der Waals surface area contributed by atoms with Gasteiger partial charge in [0.2, 0.25) is 5.88 Å². The van der Waals surface area contributed by atoms with Gasteiger partial charge in [0.25, 0.3) is 0 Å². The Kier molecular flexibility index (Phi) is 7.02. The second-order valence-electron chi connectivity index (χ2n) is 8.33. The molecule has 0 amide bonds. The van der Waals surface area contributed by atoms with E-state index in [2.05, 4.69) is 4.98 Å². The first kappa shape index (κ1) is 25.0. The van der Waals surface area contributed by atoms with Gasteiger partial charge in [-0.1, -0.05) is 12.1 Å². The molecule has 0 unspecified atom stereocenters. The van der Waals surface area contributed by atoms with E-state index in [-0.39, 0.29) is 24.7 Å². The highest BCUT2D eigenvalue weighted by Gasteiger charge is 2.37. The van der Waals surface area contributed by atoms with Crippen LogP contribution in [0.4, 0.5) is 30.7 Å². The highest BCUT2D eigenvalue weighted by Crippen LogP contribution is 2.37. The topological polar surface area (TPSA) is 25.4 Å². The van der Waals surface area contributed by atoms with Crippen LogP contribution in [0.5, 0.6) is 5.88 Å². The van der Waals surface area contributed by atoms with Gasteiger partial charge < -0.3 is 4.74 Å². The molecule has 10 heteroatoms. The number of ether oxygens (including phenoxy) is 1. The Morgan fingerprint density at radius 2 is 1.51 bits per heavy atom. The zero-order chi connectivity index (χ0) is 25.2. The van der Waals surface area contributed by atoms with Crippen molar-refractivity contribution in [2.45, 2.75) is 38.3 Å². The van der Waals surface area contributed by atoms with E-state index in [1.54, 1.807) is 29.3 Å². The zero-order valence-corrected chi connectivity index (χ0v) is 18.4. The highest BCUT2D eigenvalue weighted by molar-refractivity contribution is 5.69. The summed E-state index contributed by atoms with van der Waals surface area (Å²) < 4.78 is 99.2. The first-order valence-corrected chi connectivity index (χ1v) is 10.9. The van der Waals surface area contributed by atoms with Gasteiger partial charge in [0.05, 0.1) is 17.7 Å². The van der Waals surface area contributed by atoms with E-state index in [0.29, 0.717) is 48.6 Å². The van der Waals surface area contributed by atoms with Gasteiger partial charge in [-0.15, -0.1) is 0 Å². The number of halogens is 7. The fraction of sp³-hybridized carbons (Fsp3) is 0.320. The van der Waals surface area contributed by atoms with E-state index in [0.717, 1.165) is 12.1 Å². The number of benzene rings is 2. The minimum absolute atomic E-state index is 0.0962. The molecule has 0 radical (unpaired) electrons. The summed E-state index contributed by atoms with van der Waals surface area (Å²) in [6, 6.07) is 9.13. The van der Waals surface area contributed by atoms with Crippen LogP contribution in [0.2, 0.25) is 0 Å². The summed E-state index contributed by atoms with van der Waals surface area (Å²) in [4.78, 5) is 6.06. The zero-order valence-electron chi connectivity index (χ0n) is 18.4. The molecule has 0 bridgehead atoms. The van der Waals surface area contributed by atoms with Crippen LogP contribution in [0.1, 0.15) is 35.1 Å². The van der Waals surface area contributed by atoms with Gasteiger partial charge >= 0.3 is 12.4 Å². The number of hydrogen-bond donors (Lipinski definition) is 0. The van der Waals surface area contributed by atoms with Crippen molar-refractivity contribution in [1.82, 2.24) is 9.88 Å². The Hall–Kier alpha value is -3.14. The molecule has 0 saturated carbocycles. The molecule has 2 aromatic carbocycles. The van der Waals surface area contributed by atoms with Crippen LogP contribution in [0.25, 0.3) is 11.1 Å². The predicted molar refractivity (Wildman–Crippen MR) is 115 cm³/mol. The summed E-state index contributed by atoms with van der Waals surface area (Å²) in [5.41, 5.74) is -0.772. The second kappa shape index (κ2) is 9.85. The van der Waals surface area contributed by atoms with Crippen LogP contribution in [-0.2, 0) is 25.4 Å².